The molecule has 26 heavy (non-hydrogen) atoms. The fourth-order valence-corrected chi connectivity index (χ4v) is 3.87. The zero-order valence-corrected chi connectivity index (χ0v) is 14.9. The number of nitrogens with one attached hydrogen (secondary N) is 2. The molecule has 3 aromatic rings. The molecule has 1 aliphatic rings. The molecule has 1 saturated heterocycles. The highest BCUT2D eigenvalue weighted by atomic mass is 32.1. The van der Waals surface area contributed by atoms with Gasteiger partial charge in [0.05, 0.1) is 6.54 Å². The van der Waals surface area contributed by atoms with E-state index in [9.17, 15) is 4.79 Å². The molecule has 0 atom stereocenters. The Kier molecular flexibility index (Phi) is 4.98. The molecule has 0 unspecified atom stereocenters. The quantitative estimate of drug-likeness (QED) is 0.713. The summed E-state index contributed by atoms with van der Waals surface area (Å²) in [4.78, 5) is 20.8. The summed E-state index contributed by atoms with van der Waals surface area (Å²) in [6, 6.07) is 3.86. The van der Waals surface area contributed by atoms with Gasteiger partial charge in [-0.25, -0.2) is 4.98 Å². The predicted octanol–water partition coefficient (Wildman–Crippen LogP) is 1.90. The normalized spacial score (nSPS) is 15.1. The summed E-state index contributed by atoms with van der Waals surface area (Å²) in [6.07, 6.45) is 9.05. The van der Waals surface area contributed by atoms with Crippen LogP contribution in [0.25, 0.3) is 0 Å². The monoisotopic (exact) mass is 369 g/mol. The largest absolute Gasteiger partial charge is 0.317 e. The number of amides is 1. The second-order valence-corrected chi connectivity index (χ2v) is 7.17. The Morgan fingerprint density at radius 2 is 2.04 bits per heavy atom. The number of imidazole rings is 1. The maximum absolute atomic E-state index is 12.5. The van der Waals surface area contributed by atoms with E-state index in [0.29, 0.717) is 23.4 Å². The molecule has 3 aromatic heterocycles. The fraction of sp³-hybridized carbons (Fsp3) is 0.353. The van der Waals surface area contributed by atoms with Crippen LogP contribution in [-0.4, -0.2) is 43.7 Å². The van der Waals surface area contributed by atoms with E-state index in [4.69, 9.17) is 0 Å². The molecule has 1 fully saturated rings. The van der Waals surface area contributed by atoms with Crippen LogP contribution in [0.2, 0.25) is 0 Å². The van der Waals surface area contributed by atoms with Gasteiger partial charge < -0.3 is 9.88 Å². The second kappa shape index (κ2) is 7.71. The highest BCUT2D eigenvalue weighted by Gasteiger charge is 2.22. The van der Waals surface area contributed by atoms with E-state index in [1.807, 2.05) is 22.9 Å². The Labute approximate surface area is 154 Å². The first-order chi connectivity index (χ1) is 12.8. The lowest BCUT2D eigenvalue weighted by Crippen LogP contribution is -2.26. The van der Waals surface area contributed by atoms with Gasteiger partial charge in [-0.05, 0) is 43.6 Å². The molecule has 2 N–H and O–H groups in total. The Hall–Kier alpha value is -2.65. The van der Waals surface area contributed by atoms with Crippen molar-refractivity contribution in [3.63, 3.8) is 0 Å². The van der Waals surface area contributed by atoms with Crippen LogP contribution in [0.15, 0.2) is 36.9 Å². The third kappa shape index (κ3) is 3.78. The van der Waals surface area contributed by atoms with Crippen molar-refractivity contribution in [1.82, 2.24) is 30.0 Å². The van der Waals surface area contributed by atoms with Crippen molar-refractivity contribution in [3.8, 4) is 0 Å². The highest BCUT2D eigenvalue weighted by Crippen LogP contribution is 2.27. The Morgan fingerprint density at radius 3 is 2.85 bits per heavy atom. The van der Waals surface area contributed by atoms with Gasteiger partial charge in [-0.1, -0.05) is 11.3 Å². The average Bonchev–Trinajstić information content (AvgIpc) is 3.34. The third-order valence-electron chi connectivity index (χ3n) is 4.37. The lowest BCUT2D eigenvalue weighted by molar-refractivity contribution is 0.102. The number of anilines is 1. The fourth-order valence-electron chi connectivity index (χ4n) is 2.96. The highest BCUT2D eigenvalue weighted by molar-refractivity contribution is 7.13. The van der Waals surface area contributed by atoms with Gasteiger partial charge in [-0.15, -0.1) is 10.2 Å². The molecule has 1 amide bonds. The Balaban J connectivity index is 1.44. The van der Waals surface area contributed by atoms with E-state index in [0.717, 1.165) is 36.5 Å². The van der Waals surface area contributed by atoms with Crippen LogP contribution >= 0.6 is 11.3 Å². The molecule has 8 nitrogen and oxygen atoms in total. The van der Waals surface area contributed by atoms with Crippen molar-refractivity contribution in [1.29, 1.82) is 0 Å². The minimum Gasteiger partial charge on any atom is -0.317 e. The Bertz CT molecular complexity index is 870. The molecule has 4 rings (SSSR count). The van der Waals surface area contributed by atoms with Crippen LogP contribution in [0.5, 0.6) is 0 Å². The molecular weight excluding hydrogens is 350 g/mol. The van der Waals surface area contributed by atoms with Gasteiger partial charge in [-0.2, -0.15) is 0 Å². The van der Waals surface area contributed by atoms with Crippen LogP contribution in [0, 0.1) is 0 Å². The summed E-state index contributed by atoms with van der Waals surface area (Å²) in [5, 5.41) is 15.8. The zero-order valence-electron chi connectivity index (χ0n) is 14.1. The number of aromatic nitrogens is 5. The molecule has 0 bridgehead atoms. The van der Waals surface area contributed by atoms with Gasteiger partial charge in [0.1, 0.15) is 5.01 Å². The summed E-state index contributed by atoms with van der Waals surface area (Å²) in [6.45, 7) is 2.57. The molecule has 0 radical (unpaired) electrons. The molecule has 134 valence electrons. The van der Waals surface area contributed by atoms with Crippen LogP contribution < -0.4 is 10.6 Å². The summed E-state index contributed by atoms with van der Waals surface area (Å²) >= 11 is 1.37. The number of rotatable bonds is 5. The molecule has 0 spiro atoms. The molecule has 0 aliphatic carbocycles. The van der Waals surface area contributed by atoms with Crippen LogP contribution in [-0.2, 0) is 6.54 Å². The first-order valence-electron chi connectivity index (χ1n) is 8.55. The molecule has 1 aliphatic heterocycles. The smallest absolute Gasteiger partial charge is 0.288 e. The molecule has 4 heterocycles. The third-order valence-corrected chi connectivity index (χ3v) is 5.45. The number of pyridine rings is 1. The lowest BCUT2D eigenvalue weighted by atomic mass is 9.99. The summed E-state index contributed by atoms with van der Waals surface area (Å²) in [5.74, 6) is 0.610. The van der Waals surface area contributed by atoms with E-state index >= 15 is 0 Å². The minimum absolute atomic E-state index is 0.273. The molecule has 0 aromatic carbocycles. The van der Waals surface area contributed by atoms with Gasteiger partial charge in [0.15, 0.2) is 0 Å². The van der Waals surface area contributed by atoms with E-state index in [1.165, 1.54) is 11.3 Å². The van der Waals surface area contributed by atoms with E-state index < -0.39 is 0 Å². The molecule has 0 saturated carbocycles. The van der Waals surface area contributed by atoms with Crippen LogP contribution in [0.3, 0.4) is 0 Å². The van der Waals surface area contributed by atoms with Gasteiger partial charge in [0.25, 0.3) is 5.91 Å². The van der Waals surface area contributed by atoms with E-state index in [1.54, 1.807) is 18.6 Å². The number of hydrogen-bond donors (Lipinski definition) is 2. The van der Waals surface area contributed by atoms with E-state index in [-0.39, 0.29) is 5.91 Å². The van der Waals surface area contributed by atoms with Gasteiger partial charge in [0, 0.05) is 30.7 Å². The number of carbonyl (C=O) groups is 1. The van der Waals surface area contributed by atoms with Crippen molar-refractivity contribution < 1.29 is 4.79 Å². The lowest BCUT2D eigenvalue weighted by Gasteiger charge is -2.19. The number of piperidine rings is 1. The van der Waals surface area contributed by atoms with Crippen LogP contribution in [0.1, 0.15) is 39.1 Å². The number of nitrogens with zero attached hydrogens (tertiary/aromatic N) is 5. The van der Waals surface area contributed by atoms with Crippen molar-refractivity contribution in [2.24, 2.45) is 0 Å². The van der Waals surface area contributed by atoms with Crippen LogP contribution in [0.4, 0.5) is 5.95 Å². The Morgan fingerprint density at radius 1 is 1.23 bits per heavy atom. The van der Waals surface area contributed by atoms with Crippen molar-refractivity contribution in [2.75, 3.05) is 18.4 Å². The van der Waals surface area contributed by atoms with Crippen molar-refractivity contribution in [2.45, 2.75) is 25.3 Å². The van der Waals surface area contributed by atoms with Crippen molar-refractivity contribution >= 4 is 23.2 Å². The van der Waals surface area contributed by atoms with Gasteiger partial charge in [-0.3, -0.25) is 15.1 Å². The van der Waals surface area contributed by atoms with Gasteiger partial charge in [0.2, 0.25) is 11.0 Å². The number of carbonyl (C=O) groups excluding carboxylic acids is 1. The predicted molar refractivity (Wildman–Crippen MR) is 98.3 cm³/mol. The SMILES string of the molecule is O=C(Nc1nccn1Cc1ccncc1)c1nnc(C2CCNCC2)s1. The summed E-state index contributed by atoms with van der Waals surface area (Å²) in [7, 11) is 0. The molecule has 9 heteroatoms. The minimum atomic E-state index is -0.273. The van der Waals surface area contributed by atoms with Gasteiger partial charge >= 0.3 is 0 Å². The zero-order chi connectivity index (χ0) is 17.8. The summed E-state index contributed by atoms with van der Waals surface area (Å²) in [5.41, 5.74) is 1.08. The van der Waals surface area contributed by atoms with E-state index in [2.05, 4.69) is 30.8 Å². The summed E-state index contributed by atoms with van der Waals surface area (Å²) < 4.78 is 1.88. The molecular formula is C17H19N7OS. The average molecular weight is 369 g/mol. The number of hydrogen-bond acceptors (Lipinski definition) is 7. The first kappa shape index (κ1) is 16.8. The van der Waals surface area contributed by atoms with Crippen molar-refractivity contribution in [3.05, 3.63) is 52.5 Å². The second-order valence-electron chi connectivity index (χ2n) is 6.16. The maximum Gasteiger partial charge on any atom is 0.288 e. The topological polar surface area (TPSA) is 97.6 Å². The first-order valence-corrected chi connectivity index (χ1v) is 9.37. The maximum atomic E-state index is 12.5. The standard InChI is InChI=1S/C17H19N7OS/c25-14(16-23-22-15(26-16)13-3-7-19-8-4-13)21-17-20-9-10-24(17)11-12-1-5-18-6-2-12/h1-2,5-6,9-10,13,19H,3-4,7-8,11H2,(H,20,21,25).